The first-order valence-corrected chi connectivity index (χ1v) is 10.9. The van der Waals surface area contributed by atoms with Crippen molar-refractivity contribution in [1.29, 1.82) is 0 Å². The highest BCUT2D eigenvalue weighted by Crippen LogP contribution is 2.39. The van der Waals surface area contributed by atoms with Crippen molar-refractivity contribution in [1.82, 2.24) is 0 Å². The Bertz CT molecular complexity index is 1360. The van der Waals surface area contributed by atoms with Gasteiger partial charge in [-0.3, -0.25) is 9.69 Å². The lowest BCUT2D eigenvalue weighted by Crippen LogP contribution is -2.29. The van der Waals surface area contributed by atoms with Crippen molar-refractivity contribution in [3.63, 3.8) is 0 Å². The molecule has 206 valence electrons. The van der Waals surface area contributed by atoms with Crippen molar-refractivity contribution < 1.29 is 53.8 Å². The minimum absolute atomic E-state index is 0.00929. The Morgan fingerprint density at radius 3 is 1.90 bits per heavy atom. The van der Waals surface area contributed by atoms with Gasteiger partial charge in [0.15, 0.2) is 0 Å². The predicted octanol–water partition coefficient (Wildman–Crippen LogP) is 7.75. The van der Waals surface area contributed by atoms with Crippen LogP contribution < -0.4 is 14.4 Å². The second-order valence-corrected chi connectivity index (χ2v) is 8.16. The number of nitrogens with zero attached hydrogens (tertiary/aromatic N) is 2. The fourth-order valence-electron chi connectivity index (χ4n) is 3.91. The van der Waals surface area contributed by atoms with Crippen molar-refractivity contribution in [2.45, 2.75) is 31.4 Å². The predicted molar refractivity (Wildman–Crippen MR) is 120 cm³/mol. The van der Waals surface area contributed by atoms with E-state index in [1.54, 1.807) is 0 Å². The molecule has 0 saturated carbocycles. The van der Waals surface area contributed by atoms with Crippen LogP contribution in [0.25, 0.3) is 0 Å². The molecule has 1 aliphatic heterocycles. The summed E-state index contributed by atoms with van der Waals surface area (Å²) in [6.07, 6.45) is -14.7. The molecule has 0 aromatic heterocycles. The third kappa shape index (κ3) is 7.00. The molecule has 3 aromatic rings. The number of carbonyl (C=O) groups excluding carboxylic acids is 1. The molecule has 4 rings (SSSR count). The average molecular weight is 562 g/mol. The average Bonchev–Trinajstić information content (AvgIpc) is 3.13. The standard InChI is InChI=1S/C25H15F9N2O3/c26-23(27,28)15-4-6-16(7-5-15)35-20-13-21(14-2-1-3-19(12-14)39-25(32,33)34)36(22(20)37)17-8-10-18(11-9-17)38-24(29,30)31/h1-12,21H,13H2. The third-order valence-corrected chi connectivity index (χ3v) is 5.45. The maximum atomic E-state index is 13.3. The van der Waals surface area contributed by atoms with Gasteiger partial charge in [0.25, 0.3) is 5.91 Å². The molecule has 0 N–H and O–H groups in total. The van der Waals surface area contributed by atoms with Gasteiger partial charge in [-0.15, -0.1) is 26.3 Å². The fourth-order valence-corrected chi connectivity index (χ4v) is 3.91. The van der Waals surface area contributed by atoms with Gasteiger partial charge in [-0.1, -0.05) is 12.1 Å². The van der Waals surface area contributed by atoms with E-state index in [1.807, 2.05) is 0 Å². The van der Waals surface area contributed by atoms with Gasteiger partial charge in [-0.05, 0) is 66.2 Å². The summed E-state index contributed by atoms with van der Waals surface area (Å²) < 4.78 is 122. The van der Waals surface area contributed by atoms with Gasteiger partial charge >= 0.3 is 18.9 Å². The Balaban J connectivity index is 1.71. The minimum atomic E-state index is -4.99. The number of anilines is 1. The number of amides is 1. The minimum Gasteiger partial charge on any atom is -0.406 e. The van der Waals surface area contributed by atoms with E-state index in [-0.39, 0.29) is 29.1 Å². The summed E-state index contributed by atoms with van der Waals surface area (Å²) in [5.74, 6) is -1.91. The quantitative estimate of drug-likeness (QED) is 0.299. The van der Waals surface area contributed by atoms with Crippen LogP contribution in [0.2, 0.25) is 0 Å². The second kappa shape index (κ2) is 10.2. The highest BCUT2D eigenvalue weighted by atomic mass is 19.4. The number of hydrogen-bond acceptors (Lipinski definition) is 4. The summed E-state index contributed by atoms with van der Waals surface area (Å²) in [4.78, 5) is 18.6. The fraction of sp³-hybridized carbons (Fsp3) is 0.200. The number of aliphatic imine (C=N–C) groups is 1. The molecule has 1 amide bonds. The SMILES string of the molecule is O=C1C(=Nc2ccc(C(F)(F)F)cc2)CC(c2cccc(OC(F)(F)F)c2)N1c1ccc(OC(F)(F)F)cc1. The van der Waals surface area contributed by atoms with Crippen LogP contribution in [0.4, 0.5) is 50.9 Å². The first-order chi connectivity index (χ1) is 18.1. The van der Waals surface area contributed by atoms with Crippen LogP contribution in [0.1, 0.15) is 23.6 Å². The smallest absolute Gasteiger partial charge is 0.406 e. The van der Waals surface area contributed by atoms with Crippen LogP contribution >= 0.6 is 0 Å². The Morgan fingerprint density at radius 1 is 0.744 bits per heavy atom. The van der Waals surface area contributed by atoms with Gasteiger partial charge in [-0.2, -0.15) is 13.2 Å². The van der Waals surface area contributed by atoms with E-state index in [4.69, 9.17) is 0 Å². The lowest BCUT2D eigenvalue weighted by atomic mass is 10.0. The second-order valence-electron chi connectivity index (χ2n) is 8.16. The molecule has 0 aliphatic carbocycles. The van der Waals surface area contributed by atoms with Gasteiger partial charge in [0.2, 0.25) is 0 Å². The maximum absolute atomic E-state index is 13.3. The zero-order valence-electron chi connectivity index (χ0n) is 19.2. The van der Waals surface area contributed by atoms with Crippen LogP contribution in [0.15, 0.2) is 77.8 Å². The molecular weight excluding hydrogens is 547 g/mol. The Morgan fingerprint density at radius 2 is 1.33 bits per heavy atom. The number of halogens is 9. The summed E-state index contributed by atoms with van der Waals surface area (Å²) in [6.45, 7) is 0. The van der Waals surface area contributed by atoms with E-state index in [1.165, 1.54) is 12.1 Å². The molecule has 5 nitrogen and oxygen atoms in total. The van der Waals surface area contributed by atoms with Crippen molar-refractivity contribution >= 4 is 23.0 Å². The van der Waals surface area contributed by atoms with Crippen molar-refractivity contribution in [3.05, 3.63) is 83.9 Å². The van der Waals surface area contributed by atoms with Crippen molar-refractivity contribution in [2.24, 2.45) is 4.99 Å². The molecule has 1 heterocycles. The summed E-state index contributed by atoms with van der Waals surface area (Å²) in [5.41, 5.74) is -0.823. The molecule has 1 saturated heterocycles. The molecule has 0 spiro atoms. The summed E-state index contributed by atoms with van der Waals surface area (Å²) in [6, 6.07) is 11.6. The first kappa shape index (κ1) is 27.8. The third-order valence-electron chi connectivity index (χ3n) is 5.45. The summed E-state index contributed by atoms with van der Waals surface area (Å²) in [7, 11) is 0. The molecule has 1 unspecified atom stereocenters. The van der Waals surface area contributed by atoms with Crippen LogP contribution in [0.5, 0.6) is 11.5 Å². The zero-order valence-corrected chi connectivity index (χ0v) is 19.2. The van der Waals surface area contributed by atoms with E-state index in [9.17, 15) is 44.3 Å². The number of hydrogen-bond donors (Lipinski definition) is 0. The largest absolute Gasteiger partial charge is 0.573 e. The molecule has 3 aromatic carbocycles. The van der Waals surface area contributed by atoms with Gasteiger partial charge in [0.1, 0.15) is 17.2 Å². The van der Waals surface area contributed by atoms with Crippen LogP contribution in [-0.4, -0.2) is 24.3 Å². The van der Waals surface area contributed by atoms with E-state index >= 15 is 0 Å². The normalized spacial score (nSPS) is 17.6. The molecule has 14 heteroatoms. The summed E-state index contributed by atoms with van der Waals surface area (Å²) in [5, 5.41) is 0. The molecule has 0 bridgehead atoms. The van der Waals surface area contributed by atoms with E-state index in [0.717, 1.165) is 65.6 Å². The summed E-state index contributed by atoms with van der Waals surface area (Å²) >= 11 is 0. The number of rotatable bonds is 5. The zero-order chi connectivity index (χ0) is 28.6. The van der Waals surface area contributed by atoms with E-state index in [2.05, 4.69) is 14.5 Å². The van der Waals surface area contributed by atoms with Gasteiger partial charge < -0.3 is 9.47 Å². The van der Waals surface area contributed by atoms with Gasteiger partial charge in [0, 0.05) is 12.1 Å². The van der Waals surface area contributed by atoms with Crippen molar-refractivity contribution in [3.8, 4) is 11.5 Å². The highest BCUT2D eigenvalue weighted by Gasteiger charge is 2.40. The molecule has 1 aliphatic rings. The highest BCUT2D eigenvalue weighted by molar-refractivity contribution is 6.46. The number of carbonyl (C=O) groups is 1. The Kier molecular flexibility index (Phi) is 7.23. The molecule has 1 fully saturated rings. The lowest BCUT2D eigenvalue weighted by Gasteiger charge is -2.25. The monoisotopic (exact) mass is 562 g/mol. The van der Waals surface area contributed by atoms with Crippen molar-refractivity contribution in [2.75, 3.05) is 4.90 Å². The topological polar surface area (TPSA) is 51.1 Å². The Hall–Kier alpha value is -4.23. The van der Waals surface area contributed by atoms with Crippen LogP contribution in [0.3, 0.4) is 0 Å². The van der Waals surface area contributed by atoms with E-state index < -0.39 is 47.9 Å². The number of alkyl halides is 9. The lowest BCUT2D eigenvalue weighted by molar-refractivity contribution is -0.275. The van der Waals surface area contributed by atoms with Gasteiger partial charge in [0.05, 0.1) is 17.3 Å². The Labute approximate surface area is 214 Å². The van der Waals surface area contributed by atoms with Crippen LogP contribution in [-0.2, 0) is 11.0 Å². The molecule has 1 atom stereocenters. The molecule has 39 heavy (non-hydrogen) atoms. The number of benzene rings is 3. The maximum Gasteiger partial charge on any atom is 0.573 e. The number of ether oxygens (including phenoxy) is 2. The molecule has 0 radical (unpaired) electrons. The van der Waals surface area contributed by atoms with Gasteiger partial charge in [-0.25, -0.2) is 4.99 Å². The van der Waals surface area contributed by atoms with E-state index in [0.29, 0.717) is 0 Å². The van der Waals surface area contributed by atoms with Crippen LogP contribution in [0, 0.1) is 0 Å². The first-order valence-electron chi connectivity index (χ1n) is 10.9. The molecular formula is C25H15F9N2O3.